The van der Waals surface area contributed by atoms with Gasteiger partial charge in [-0.3, -0.25) is 0 Å². The van der Waals surface area contributed by atoms with Crippen LogP contribution >= 0.6 is 0 Å². The number of benzene rings is 1. The third-order valence-electron chi connectivity index (χ3n) is 8.74. The maximum atomic E-state index is 4.49. The summed E-state index contributed by atoms with van der Waals surface area (Å²) in [6.45, 7) is 15.6. The first-order valence-electron chi connectivity index (χ1n) is 17.8. The Hall–Kier alpha value is -2.87. The molecule has 1 unspecified atom stereocenters. The monoisotopic (exact) mass is 597 g/mol. The molecule has 1 aromatic carbocycles. The van der Waals surface area contributed by atoms with E-state index in [9.17, 15) is 0 Å². The molecule has 0 amide bonds. The van der Waals surface area contributed by atoms with Gasteiger partial charge in [-0.2, -0.15) is 0 Å². The molecule has 0 aliphatic carbocycles. The van der Waals surface area contributed by atoms with E-state index >= 15 is 0 Å². The summed E-state index contributed by atoms with van der Waals surface area (Å²) in [5.74, 6) is 0.590. The lowest BCUT2D eigenvalue weighted by Crippen LogP contribution is -2.09. The topological polar surface area (TPSA) is 17.8 Å². The minimum absolute atomic E-state index is 0.590. The van der Waals surface area contributed by atoms with E-state index in [1.54, 1.807) is 0 Å². The fourth-order valence-electron chi connectivity index (χ4n) is 5.94. The summed E-state index contributed by atoms with van der Waals surface area (Å²) >= 11 is 0. The first-order chi connectivity index (χ1) is 21.5. The van der Waals surface area contributed by atoms with Gasteiger partial charge in [-0.25, -0.2) is 4.98 Å². The quantitative estimate of drug-likeness (QED) is 0.0741. The molecule has 2 aromatic rings. The standard InChI is InChI=1S/C42H64N2/c1-6-7-8-9-10-11-12-13-14-15-16-17-18-19-21-25-37(2)30-31-41(34-42-35-43-36-44(42)5)33-39(4)27-24-26-38(3)32-40-28-22-20-23-29-40/h10-11,13-14,20,22-23,28-29,35-36,41H,2-4,6-9,12,15-19,21,24-27,30-34H2,1,5H3/b11-10-,14-13-. The molecule has 0 radical (unpaired) electrons. The molecule has 44 heavy (non-hydrogen) atoms. The normalized spacial score (nSPS) is 12.3. The number of aromatic nitrogens is 2. The molecule has 2 rings (SSSR count). The molecule has 0 N–H and O–H groups in total. The molecule has 0 saturated carbocycles. The highest BCUT2D eigenvalue weighted by molar-refractivity contribution is 5.20. The second-order valence-electron chi connectivity index (χ2n) is 13.1. The van der Waals surface area contributed by atoms with E-state index in [0.717, 1.165) is 51.4 Å². The molecular formula is C42H64N2. The van der Waals surface area contributed by atoms with E-state index in [2.05, 4.69) is 97.9 Å². The third-order valence-corrected chi connectivity index (χ3v) is 8.74. The molecule has 1 heterocycles. The van der Waals surface area contributed by atoms with Crippen molar-refractivity contribution in [3.05, 3.63) is 115 Å². The number of aryl methyl sites for hydroxylation is 1. The zero-order valence-electron chi connectivity index (χ0n) is 28.6. The van der Waals surface area contributed by atoms with Crippen LogP contribution in [0.3, 0.4) is 0 Å². The predicted octanol–water partition coefficient (Wildman–Crippen LogP) is 12.6. The van der Waals surface area contributed by atoms with Crippen LogP contribution in [0.15, 0.2) is 104 Å². The molecule has 242 valence electrons. The molecule has 0 aliphatic heterocycles. The van der Waals surface area contributed by atoms with Gasteiger partial charge in [0.25, 0.3) is 0 Å². The highest BCUT2D eigenvalue weighted by atomic mass is 15.0. The maximum Gasteiger partial charge on any atom is 0.0945 e. The first kappa shape index (κ1) is 37.3. The summed E-state index contributed by atoms with van der Waals surface area (Å²) in [6, 6.07) is 10.7. The Morgan fingerprint density at radius 1 is 0.750 bits per heavy atom. The van der Waals surface area contributed by atoms with E-state index in [4.69, 9.17) is 0 Å². The van der Waals surface area contributed by atoms with Crippen LogP contribution in [0, 0.1) is 5.92 Å². The molecule has 0 saturated heterocycles. The van der Waals surface area contributed by atoms with Gasteiger partial charge in [0.15, 0.2) is 0 Å². The largest absolute Gasteiger partial charge is 0.338 e. The molecule has 0 bridgehead atoms. The van der Waals surface area contributed by atoms with Gasteiger partial charge in [0.05, 0.1) is 6.33 Å². The smallest absolute Gasteiger partial charge is 0.0945 e. The number of hydrogen-bond acceptors (Lipinski definition) is 1. The van der Waals surface area contributed by atoms with Crippen molar-refractivity contribution in [2.75, 3.05) is 0 Å². The van der Waals surface area contributed by atoms with Crippen molar-refractivity contribution in [3.63, 3.8) is 0 Å². The van der Waals surface area contributed by atoms with Gasteiger partial charge in [-0.05, 0) is 108 Å². The zero-order chi connectivity index (χ0) is 31.7. The van der Waals surface area contributed by atoms with Crippen LogP contribution in [0.5, 0.6) is 0 Å². The Kier molecular flexibility index (Phi) is 20.7. The summed E-state index contributed by atoms with van der Waals surface area (Å²) in [6.07, 6.45) is 37.4. The van der Waals surface area contributed by atoms with Crippen LogP contribution < -0.4 is 0 Å². The van der Waals surface area contributed by atoms with Gasteiger partial charge in [0.2, 0.25) is 0 Å². The van der Waals surface area contributed by atoms with Crippen molar-refractivity contribution in [1.29, 1.82) is 0 Å². The summed E-state index contributed by atoms with van der Waals surface area (Å²) < 4.78 is 2.17. The predicted molar refractivity (Wildman–Crippen MR) is 195 cm³/mol. The Bertz CT molecular complexity index is 1100. The number of rotatable bonds is 27. The molecule has 2 nitrogen and oxygen atoms in total. The highest BCUT2D eigenvalue weighted by Gasteiger charge is 2.14. The Morgan fingerprint density at radius 2 is 1.41 bits per heavy atom. The summed E-state index contributed by atoms with van der Waals surface area (Å²) in [5.41, 5.74) is 6.79. The highest BCUT2D eigenvalue weighted by Crippen LogP contribution is 2.27. The fourth-order valence-corrected chi connectivity index (χ4v) is 5.94. The molecule has 1 atom stereocenters. The molecular weight excluding hydrogens is 532 g/mol. The van der Waals surface area contributed by atoms with Gasteiger partial charge in [-0.1, -0.05) is 130 Å². The van der Waals surface area contributed by atoms with Gasteiger partial charge in [0.1, 0.15) is 0 Å². The Balaban J connectivity index is 1.60. The SMILES string of the molecule is C=C(CCCCCCC/C=C\C/C=C\CCCCC)CCC(CC(=C)CCCC(=C)Cc1ccccc1)Cc1cncn1C. The lowest BCUT2D eigenvalue weighted by molar-refractivity contribution is 0.457. The van der Waals surface area contributed by atoms with Crippen LogP contribution in [-0.2, 0) is 19.9 Å². The lowest BCUT2D eigenvalue weighted by atomic mass is 9.87. The van der Waals surface area contributed by atoms with Crippen LogP contribution in [0.4, 0.5) is 0 Å². The van der Waals surface area contributed by atoms with Crippen LogP contribution in [0.1, 0.15) is 134 Å². The van der Waals surface area contributed by atoms with Gasteiger partial charge in [-0.15, -0.1) is 0 Å². The Morgan fingerprint density at radius 3 is 2.11 bits per heavy atom. The average Bonchev–Trinajstić information content (AvgIpc) is 3.42. The number of nitrogens with zero attached hydrogens (tertiary/aromatic N) is 2. The zero-order valence-corrected chi connectivity index (χ0v) is 28.6. The molecule has 1 aromatic heterocycles. The lowest BCUT2D eigenvalue weighted by Gasteiger charge is -2.19. The van der Waals surface area contributed by atoms with E-state index in [-0.39, 0.29) is 0 Å². The number of hydrogen-bond donors (Lipinski definition) is 0. The van der Waals surface area contributed by atoms with Crippen molar-refractivity contribution in [2.24, 2.45) is 13.0 Å². The second kappa shape index (κ2) is 24.5. The minimum atomic E-state index is 0.590. The van der Waals surface area contributed by atoms with Crippen molar-refractivity contribution >= 4 is 0 Å². The third kappa shape index (κ3) is 18.7. The Labute approximate surface area is 272 Å². The van der Waals surface area contributed by atoms with Crippen molar-refractivity contribution in [3.8, 4) is 0 Å². The van der Waals surface area contributed by atoms with Crippen molar-refractivity contribution in [2.45, 2.75) is 135 Å². The number of imidazole rings is 1. The van der Waals surface area contributed by atoms with E-state index in [1.165, 1.54) is 105 Å². The summed E-state index contributed by atoms with van der Waals surface area (Å²) in [7, 11) is 2.11. The molecule has 0 fully saturated rings. The van der Waals surface area contributed by atoms with Gasteiger partial charge in [0, 0.05) is 18.9 Å². The van der Waals surface area contributed by atoms with E-state index in [0.29, 0.717) is 5.92 Å². The average molecular weight is 597 g/mol. The van der Waals surface area contributed by atoms with Crippen molar-refractivity contribution in [1.82, 2.24) is 9.55 Å². The first-order valence-corrected chi connectivity index (χ1v) is 17.8. The van der Waals surface area contributed by atoms with Gasteiger partial charge >= 0.3 is 0 Å². The van der Waals surface area contributed by atoms with Crippen molar-refractivity contribution < 1.29 is 0 Å². The van der Waals surface area contributed by atoms with Gasteiger partial charge < -0.3 is 4.57 Å². The summed E-state index contributed by atoms with van der Waals surface area (Å²) in [5, 5.41) is 0. The van der Waals surface area contributed by atoms with Crippen LogP contribution in [0.2, 0.25) is 0 Å². The van der Waals surface area contributed by atoms with E-state index < -0.39 is 0 Å². The number of unbranched alkanes of at least 4 members (excludes halogenated alkanes) is 8. The molecule has 2 heteroatoms. The maximum absolute atomic E-state index is 4.49. The van der Waals surface area contributed by atoms with Crippen LogP contribution in [-0.4, -0.2) is 9.55 Å². The molecule has 0 aliphatic rings. The minimum Gasteiger partial charge on any atom is -0.338 e. The second-order valence-corrected chi connectivity index (χ2v) is 13.1. The number of allylic oxidation sites excluding steroid dienone is 7. The van der Waals surface area contributed by atoms with Crippen LogP contribution in [0.25, 0.3) is 0 Å². The van der Waals surface area contributed by atoms with E-state index in [1.807, 2.05) is 12.5 Å². The molecule has 0 spiro atoms. The summed E-state index contributed by atoms with van der Waals surface area (Å²) in [4.78, 5) is 4.36. The fraction of sp³-hybridized carbons (Fsp3) is 0.548.